The Kier molecular flexibility index (Phi) is 6.07. The van der Waals surface area contributed by atoms with Crippen LogP contribution in [0.15, 0.2) is 54.6 Å². The van der Waals surface area contributed by atoms with Crippen LogP contribution in [0, 0.1) is 0 Å². The number of likely N-dealkylation sites (tertiary alicyclic amines) is 1. The third-order valence-electron chi connectivity index (χ3n) is 4.77. The maximum absolute atomic E-state index is 11.4. The van der Waals surface area contributed by atoms with E-state index in [0.29, 0.717) is 13.0 Å². The minimum Gasteiger partial charge on any atom is -0.489 e. The molecule has 2 aromatic carbocycles. The second-order valence-electron chi connectivity index (χ2n) is 6.67. The summed E-state index contributed by atoms with van der Waals surface area (Å²) in [5.74, 6) is 0.695. The number of nitrogens with two attached hydrogens (primary N) is 1. The molecule has 132 valence electrons. The van der Waals surface area contributed by atoms with Crippen molar-refractivity contribution in [1.29, 1.82) is 0 Å². The molecule has 1 fully saturated rings. The third-order valence-corrected chi connectivity index (χ3v) is 4.77. The van der Waals surface area contributed by atoms with Crippen LogP contribution in [0.3, 0.4) is 0 Å². The summed E-state index contributed by atoms with van der Waals surface area (Å²) in [5.41, 5.74) is 7.75. The molecule has 0 bridgehead atoms. The maximum Gasteiger partial charge on any atom is 0.218 e. The normalized spacial score (nSPS) is 18.0. The molecule has 4 nitrogen and oxygen atoms in total. The van der Waals surface area contributed by atoms with Gasteiger partial charge >= 0.3 is 0 Å². The molecule has 1 unspecified atom stereocenters. The average Bonchev–Trinajstić information content (AvgIpc) is 2.63. The number of carbonyl (C=O) groups excluding carboxylic acids is 1. The summed E-state index contributed by atoms with van der Waals surface area (Å²) in [6.07, 6.45) is 3.81. The summed E-state index contributed by atoms with van der Waals surface area (Å²) in [6.45, 7) is 2.36. The lowest BCUT2D eigenvalue weighted by Gasteiger charge is -2.35. The highest BCUT2D eigenvalue weighted by Gasteiger charge is 2.24. The van der Waals surface area contributed by atoms with Gasteiger partial charge in [0.1, 0.15) is 12.4 Å². The number of ether oxygens (including phenoxy) is 1. The number of carbonyl (C=O) groups is 1. The standard InChI is InChI=1S/C21H26N2O2/c22-21(24)14-19-11-6-7-13-23(19)15-18-10-4-5-12-20(18)25-16-17-8-2-1-3-9-17/h1-5,8-10,12,19H,6-7,11,13-16H2,(H2,22,24). The first kappa shape index (κ1) is 17.5. The van der Waals surface area contributed by atoms with Crippen molar-refractivity contribution in [2.75, 3.05) is 6.54 Å². The second-order valence-corrected chi connectivity index (χ2v) is 6.67. The summed E-state index contributed by atoms with van der Waals surface area (Å²) in [4.78, 5) is 13.7. The summed E-state index contributed by atoms with van der Waals surface area (Å²) < 4.78 is 6.06. The smallest absolute Gasteiger partial charge is 0.218 e. The predicted molar refractivity (Wildman–Crippen MR) is 99.1 cm³/mol. The van der Waals surface area contributed by atoms with Gasteiger partial charge in [-0.1, -0.05) is 55.0 Å². The van der Waals surface area contributed by atoms with E-state index in [9.17, 15) is 4.79 Å². The van der Waals surface area contributed by atoms with Gasteiger partial charge in [0.25, 0.3) is 0 Å². The predicted octanol–water partition coefficient (Wildman–Crippen LogP) is 3.50. The average molecular weight is 338 g/mol. The van der Waals surface area contributed by atoms with Crippen molar-refractivity contribution >= 4 is 5.91 Å². The van der Waals surface area contributed by atoms with E-state index in [4.69, 9.17) is 10.5 Å². The molecule has 1 amide bonds. The lowest BCUT2D eigenvalue weighted by Crippen LogP contribution is -2.41. The first-order chi connectivity index (χ1) is 12.2. The lowest BCUT2D eigenvalue weighted by molar-refractivity contribution is -0.119. The van der Waals surface area contributed by atoms with Crippen LogP contribution in [-0.2, 0) is 17.9 Å². The van der Waals surface area contributed by atoms with Gasteiger partial charge in [-0.05, 0) is 31.0 Å². The number of nitrogens with zero attached hydrogens (tertiary/aromatic N) is 1. The zero-order valence-corrected chi connectivity index (χ0v) is 14.6. The molecular formula is C21H26N2O2. The Labute approximate surface area is 149 Å². The molecule has 2 N–H and O–H groups in total. The van der Waals surface area contributed by atoms with Crippen LogP contribution in [-0.4, -0.2) is 23.4 Å². The first-order valence-corrected chi connectivity index (χ1v) is 8.99. The molecular weight excluding hydrogens is 312 g/mol. The summed E-state index contributed by atoms with van der Waals surface area (Å²) in [7, 11) is 0. The van der Waals surface area contributed by atoms with Crippen molar-refractivity contribution in [2.45, 2.75) is 44.9 Å². The molecule has 0 aromatic heterocycles. The van der Waals surface area contributed by atoms with Crippen LogP contribution in [0.2, 0.25) is 0 Å². The zero-order valence-electron chi connectivity index (χ0n) is 14.6. The van der Waals surface area contributed by atoms with E-state index >= 15 is 0 Å². The van der Waals surface area contributed by atoms with Gasteiger partial charge in [-0.15, -0.1) is 0 Å². The van der Waals surface area contributed by atoms with Gasteiger partial charge in [0, 0.05) is 24.6 Å². The molecule has 0 radical (unpaired) electrons. The van der Waals surface area contributed by atoms with Crippen LogP contribution >= 0.6 is 0 Å². The molecule has 1 heterocycles. The Morgan fingerprint density at radius 2 is 1.84 bits per heavy atom. The highest BCUT2D eigenvalue weighted by atomic mass is 16.5. The van der Waals surface area contributed by atoms with E-state index in [-0.39, 0.29) is 11.9 Å². The van der Waals surface area contributed by atoms with Gasteiger partial charge in [-0.2, -0.15) is 0 Å². The van der Waals surface area contributed by atoms with E-state index in [1.165, 1.54) is 12.8 Å². The Morgan fingerprint density at radius 3 is 2.64 bits per heavy atom. The molecule has 0 spiro atoms. The largest absolute Gasteiger partial charge is 0.489 e. The van der Waals surface area contributed by atoms with Crippen molar-refractivity contribution in [1.82, 2.24) is 4.90 Å². The number of benzene rings is 2. The Morgan fingerprint density at radius 1 is 1.08 bits per heavy atom. The van der Waals surface area contributed by atoms with Gasteiger partial charge in [0.2, 0.25) is 5.91 Å². The summed E-state index contributed by atoms with van der Waals surface area (Å²) >= 11 is 0. The van der Waals surface area contributed by atoms with Gasteiger partial charge in [0.05, 0.1) is 0 Å². The monoisotopic (exact) mass is 338 g/mol. The summed E-state index contributed by atoms with van der Waals surface area (Å²) in [6, 6.07) is 18.6. The second kappa shape index (κ2) is 8.67. The fourth-order valence-corrected chi connectivity index (χ4v) is 3.46. The van der Waals surface area contributed by atoms with Crippen molar-refractivity contribution in [3.05, 3.63) is 65.7 Å². The van der Waals surface area contributed by atoms with Crippen LogP contribution in [0.25, 0.3) is 0 Å². The zero-order chi connectivity index (χ0) is 17.5. The van der Waals surface area contributed by atoms with Gasteiger partial charge in [-0.3, -0.25) is 9.69 Å². The van der Waals surface area contributed by atoms with Crippen LogP contribution in [0.4, 0.5) is 0 Å². The molecule has 1 atom stereocenters. The van der Waals surface area contributed by atoms with Crippen LogP contribution in [0.1, 0.15) is 36.8 Å². The molecule has 3 rings (SSSR count). The van der Waals surface area contributed by atoms with Crippen molar-refractivity contribution in [3.8, 4) is 5.75 Å². The van der Waals surface area contributed by atoms with E-state index in [0.717, 1.165) is 36.4 Å². The Hall–Kier alpha value is -2.33. The minimum absolute atomic E-state index is 0.217. The molecule has 1 aliphatic rings. The fraction of sp³-hybridized carbons (Fsp3) is 0.381. The highest BCUT2D eigenvalue weighted by molar-refractivity contribution is 5.74. The van der Waals surface area contributed by atoms with Gasteiger partial charge < -0.3 is 10.5 Å². The van der Waals surface area contributed by atoms with E-state index in [1.807, 2.05) is 36.4 Å². The Balaban J connectivity index is 1.68. The van der Waals surface area contributed by atoms with Crippen molar-refractivity contribution in [3.63, 3.8) is 0 Å². The first-order valence-electron chi connectivity index (χ1n) is 8.99. The number of primary amides is 1. The molecule has 0 aliphatic carbocycles. The van der Waals surface area contributed by atoms with E-state index < -0.39 is 0 Å². The van der Waals surface area contributed by atoms with E-state index in [1.54, 1.807) is 0 Å². The highest BCUT2D eigenvalue weighted by Crippen LogP contribution is 2.26. The van der Waals surface area contributed by atoms with Crippen molar-refractivity contribution < 1.29 is 9.53 Å². The topological polar surface area (TPSA) is 55.6 Å². The third kappa shape index (κ3) is 5.07. The maximum atomic E-state index is 11.4. The molecule has 4 heteroatoms. The quantitative estimate of drug-likeness (QED) is 0.841. The molecule has 1 aliphatic heterocycles. The number of hydrogen-bond acceptors (Lipinski definition) is 3. The molecule has 0 saturated carbocycles. The van der Waals surface area contributed by atoms with E-state index in [2.05, 4.69) is 23.1 Å². The number of piperidine rings is 1. The summed E-state index contributed by atoms with van der Waals surface area (Å²) in [5, 5.41) is 0. The van der Waals surface area contributed by atoms with Crippen LogP contribution < -0.4 is 10.5 Å². The number of para-hydroxylation sites is 1. The minimum atomic E-state index is -0.217. The number of amides is 1. The van der Waals surface area contributed by atoms with Crippen LogP contribution in [0.5, 0.6) is 5.75 Å². The van der Waals surface area contributed by atoms with Gasteiger partial charge in [0.15, 0.2) is 0 Å². The molecule has 2 aromatic rings. The fourth-order valence-electron chi connectivity index (χ4n) is 3.46. The molecule has 25 heavy (non-hydrogen) atoms. The number of hydrogen-bond donors (Lipinski definition) is 1. The number of rotatable bonds is 7. The Bertz CT molecular complexity index is 687. The lowest BCUT2D eigenvalue weighted by atomic mass is 9.98. The van der Waals surface area contributed by atoms with Crippen molar-refractivity contribution in [2.24, 2.45) is 5.73 Å². The SMILES string of the molecule is NC(=O)CC1CCCCN1Cc1ccccc1OCc1ccccc1. The van der Waals surface area contributed by atoms with Gasteiger partial charge in [-0.25, -0.2) is 0 Å². The molecule has 1 saturated heterocycles.